The molecule has 1 saturated heterocycles. The van der Waals surface area contributed by atoms with E-state index in [1.807, 2.05) is 42.2 Å². The van der Waals surface area contributed by atoms with Crippen molar-refractivity contribution in [3.05, 3.63) is 47.5 Å². The maximum atomic E-state index is 12.0. The Bertz CT molecular complexity index is 658. The van der Waals surface area contributed by atoms with Gasteiger partial charge < -0.3 is 10.5 Å². The molecule has 2 unspecified atom stereocenters. The minimum absolute atomic E-state index is 0.258. The van der Waals surface area contributed by atoms with Crippen molar-refractivity contribution in [2.24, 2.45) is 5.73 Å². The van der Waals surface area contributed by atoms with Crippen LogP contribution in [0.5, 0.6) is 0 Å². The molecule has 7 heteroatoms. The van der Waals surface area contributed by atoms with Crippen LogP contribution in [0.25, 0.3) is 0 Å². The van der Waals surface area contributed by atoms with Gasteiger partial charge in [-0.05, 0) is 5.56 Å². The number of aryl methyl sites for hydroxylation is 1. The highest BCUT2D eigenvalue weighted by Gasteiger charge is 2.32. The van der Waals surface area contributed by atoms with E-state index in [1.165, 1.54) is 0 Å². The first-order chi connectivity index (χ1) is 11.2. The molecule has 2 aromatic rings. The lowest BCUT2D eigenvalue weighted by Crippen LogP contribution is -2.45. The Balaban J connectivity index is 1.79. The van der Waals surface area contributed by atoms with Gasteiger partial charge in [0.15, 0.2) is 5.82 Å². The molecule has 1 aliphatic rings. The summed E-state index contributed by atoms with van der Waals surface area (Å²) in [5.41, 5.74) is 6.54. The fraction of sp³-hybridized carbons (Fsp3) is 0.438. The van der Waals surface area contributed by atoms with E-state index in [9.17, 15) is 4.79 Å². The lowest BCUT2D eigenvalue weighted by Gasteiger charge is -2.36. The Kier molecular flexibility index (Phi) is 4.68. The summed E-state index contributed by atoms with van der Waals surface area (Å²) in [5.74, 6) is 1.10. The number of H-pyrrole nitrogens is 1. The predicted octanol–water partition coefficient (Wildman–Crippen LogP) is 0.967. The summed E-state index contributed by atoms with van der Waals surface area (Å²) in [7, 11) is 0. The molecule has 7 nitrogen and oxygen atoms in total. The van der Waals surface area contributed by atoms with Gasteiger partial charge in [0, 0.05) is 19.5 Å². The molecule has 23 heavy (non-hydrogen) atoms. The monoisotopic (exact) mass is 315 g/mol. The summed E-state index contributed by atoms with van der Waals surface area (Å²) < 4.78 is 5.78. The van der Waals surface area contributed by atoms with E-state index in [0.717, 1.165) is 17.8 Å². The van der Waals surface area contributed by atoms with Gasteiger partial charge in [-0.2, -0.15) is 5.10 Å². The van der Waals surface area contributed by atoms with Gasteiger partial charge in [-0.25, -0.2) is 4.98 Å². The average molecular weight is 315 g/mol. The number of primary amides is 1. The third-order valence-corrected chi connectivity index (χ3v) is 4.02. The number of hydrogen-bond donors (Lipinski definition) is 2. The van der Waals surface area contributed by atoms with Gasteiger partial charge in [0.1, 0.15) is 18.0 Å². The van der Waals surface area contributed by atoms with Crippen LogP contribution in [0.1, 0.15) is 36.3 Å². The second kappa shape index (κ2) is 6.89. The highest BCUT2D eigenvalue weighted by Crippen LogP contribution is 2.27. The Hall–Kier alpha value is -2.25. The van der Waals surface area contributed by atoms with Crippen LogP contribution in [-0.4, -0.2) is 45.7 Å². The van der Waals surface area contributed by atoms with Crippen LogP contribution in [0.2, 0.25) is 0 Å². The van der Waals surface area contributed by atoms with Crippen LogP contribution in [0, 0.1) is 0 Å². The number of nitrogens with two attached hydrogens (primary N) is 1. The van der Waals surface area contributed by atoms with Crippen LogP contribution in [0.3, 0.4) is 0 Å². The molecule has 122 valence electrons. The first-order valence-corrected chi connectivity index (χ1v) is 7.80. The van der Waals surface area contributed by atoms with Crippen LogP contribution < -0.4 is 5.73 Å². The van der Waals surface area contributed by atoms with E-state index in [1.54, 1.807) is 0 Å². The predicted molar refractivity (Wildman–Crippen MR) is 84.4 cm³/mol. The molecule has 0 radical (unpaired) electrons. The molecule has 1 amide bonds. The number of aromatic amines is 1. The lowest BCUT2D eigenvalue weighted by molar-refractivity contribution is -0.127. The summed E-state index contributed by atoms with van der Waals surface area (Å²) in [6.45, 7) is 3.70. The minimum atomic E-state index is -0.466. The molecule has 3 N–H and O–H groups in total. The van der Waals surface area contributed by atoms with E-state index in [2.05, 4.69) is 15.2 Å². The maximum absolute atomic E-state index is 12.0. The lowest BCUT2D eigenvalue weighted by atomic mass is 10.0. The largest absolute Gasteiger partial charge is 0.368 e. The maximum Gasteiger partial charge on any atom is 0.239 e. The smallest absolute Gasteiger partial charge is 0.239 e. The Morgan fingerprint density at radius 3 is 2.91 bits per heavy atom. The standard InChI is InChI=1S/C16H21N5O2/c1-2-13-18-16(20-19-13)12-10-21(8-9-23-12)14(15(17)22)11-6-4-3-5-7-11/h3-7,12,14H,2,8-10H2,1H3,(H2,17,22)(H,18,19,20). The molecular formula is C16H21N5O2. The molecule has 1 aromatic heterocycles. The number of rotatable bonds is 5. The number of nitrogens with zero attached hydrogens (tertiary/aromatic N) is 3. The Morgan fingerprint density at radius 1 is 1.48 bits per heavy atom. The minimum Gasteiger partial charge on any atom is -0.368 e. The number of aromatic nitrogens is 3. The third kappa shape index (κ3) is 3.40. The molecule has 3 rings (SSSR count). The number of hydrogen-bond acceptors (Lipinski definition) is 5. The zero-order valence-corrected chi connectivity index (χ0v) is 13.1. The molecular weight excluding hydrogens is 294 g/mol. The van der Waals surface area contributed by atoms with Gasteiger partial charge in [0.2, 0.25) is 5.91 Å². The van der Waals surface area contributed by atoms with E-state index < -0.39 is 6.04 Å². The van der Waals surface area contributed by atoms with Crippen molar-refractivity contribution in [1.82, 2.24) is 20.1 Å². The number of carbonyl (C=O) groups is 1. The number of nitrogens with one attached hydrogen (secondary N) is 1. The molecule has 1 fully saturated rings. The first kappa shape index (κ1) is 15.6. The van der Waals surface area contributed by atoms with E-state index in [-0.39, 0.29) is 12.0 Å². The number of morpholine rings is 1. The normalized spacial score (nSPS) is 20.3. The Labute approximate surface area is 134 Å². The van der Waals surface area contributed by atoms with Crippen molar-refractivity contribution >= 4 is 5.91 Å². The van der Waals surface area contributed by atoms with Crippen LogP contribution in [-0.2, 0) is 16.0 Å². The van der Waals surface area contributed by atoms with Gasteiger partial charge in [-0.3, -0.25) is 14.8 Å². The van der Waals surface area contributed by atoms with Crippen molar-refractivity contribution in [1.29, 1.82) is 0 Å². The number of carbonyl (C=O) groups excluding carboxylic acids is 1. The highest BCUT2D eigenvalue weighted by atomic mass is 16.5. The van der Waals surface area contributed by atoms with E-state index in [4.69, 9.17) is 10.5 Å². The fourth-order valence-electron chi connectivity index (χ4n) is 2.86. The second-order valence-electron chi connectivity index (χ2n) is 5.56. The van der Waals surface area contributed by atoms with Gasteiger partial charge in [-0.1, -0.05) is 37.3 Å². The number of benzene rings is 1. The third-order valence-electron chi connectivity index (χ3n) is 4.02. The summed E-state index contributed by atoms with van der Waals surface area (Å²) in [6, 6.07) is 9.11. The zero-order valence-electron chi connectivity index (χ0n) is 13.1. The molecule has 0 saturated carbocycles. The van der Waals surface area contributed by atoms with E-state index in [0.29, 0.717) is 25.5 Å². The summed E-state index contributed by atoms with van der Waals surface area (Å²) >= 11 is 0. The van der Waals surface area contributed by atoms with Crippen molar-refractivity contribution < 1.29 is 9.53 Å². The van der Waals surface area contributed by atoms with Crippen LogP contribution >= 0.6 is 0 Å². The average Bonchev–Trinajstić information content (AvgIpc) is 3.05. The van der Waals surface area contributed by atoms with Gasteiger partial charge in [-0.15, -0.1) is 0 Å². The molecule has 2 atom stereocenters. The van der Waals surface area contributed by atoms with Gasteiger partial charge in [0.05, 0.1) is 6.61 Å². The molecule has 1 aromatic carbocycles. The fourth-order valence-corrected chi connectivity index (χ4v) is 2.86. The molecule has 0 aliphatic carbocycles. The van der Waals surface area contributed by atoms with Crippen molar-refractivity contribution in [2.75, 3.05) is 19.7 Å². The summed E-state index contributed by atoms with van der Waals surface area (Å²) in [4.78, 5) is 18.5. The van der Waals surface area contributed by atoms with Gasteiger partial charge in [0.25, 0.3) is 0 Å². The van der Waals surface area contributed by atoms with Crippen molar-refractivity contribution in [3.8, 4) is 0 Å². The quantitative estimate of drug-likeness (QED) is 0.857. The van der Waals surface area contributed by atoms with Crippen LogP contribution in [0.4, 0.5) is 0 Å². The van der Waals surface area contributed by atoms with E-state index >= 15 is 0 Å². The molecule has 2 heterocycles. The van der Waals surface area contributed by atoms with Crippen molar-refractivity contribution in [2.45, 2.75) is 25.5 Å². The van der Waals surface area contributed by atoms with Crippen molar-refractivity contribution in [3.63, 3.8) is 0 Å². The SMILES string of the molecule is CCc1nc(C2CN(C(C(N)=O)c3ccccc3)CCO2)n[nH]1. The molecule has 1 aliphatic heterocycles. The summed E-state index contributed by atoms with van der Waals surface area (Å²) in [5, 5.41) is 7.12. The second-order valence-corrected chi connectivity index (χ2v) is 5.56. The topological polar surface area (TPSA) is 97.1 Å². The Morgan fingerprint density at radius 2 is 2.26 bits per heavy atom. The zero-order chi connectivity index (χ0) is 16.2. The highest BCUT2D eigenvalue weighted by molar-refractivity contribution is 5.81. The summed E-state index contributed by atoms with van der Waals surface area (Å²) in [6.07, 6.45) is 0.531. The van der Waals surface area contributed by atoms with Crippen LogP contribution in [0.15, 0.2) is 30.3 Å². The number of amides is 1. The number of ether oxygens (including phenoxy) is 1. The molecule has 0 bridgehead atoms. The van der Waals surface area contributed by atoms with Gasteiger partial charge >= 0.3 is 0 Å². The molecule has 0 spiro atoms. The first-order valence-electron chi connectivity index (χ1n) is 7.80.